The van der Waals surface area contributed by atoms with E-state index in [2.05, 4.69) is 40.0 Å². The molecule has 24 nitrogen and oxygen atoms in total. The summed E-state index contributed by atoms with van der Waals surface area (Å²) in [5, 5.41) is 22.0. The maximum absolute atomic E-state index is 12.3. The van der Waals surface area contributed by atoms with E-state index in [0.29, 0.717) is 6.07 Å². The number of hydrogen-bond acceptors (Lipinski definition) is 20. The number of nitrogens with one attached hydrogen (secondary N) is 2. The number of aromatic nitrogens is 3. The Labute approximate surface area is 304 Å². The van der Waals surface area contributed by atoms with Gasteiger partial charge < -0.3 is 21.5 Å². The van der Waals surface area contributed by atoms with Crippen molar-refractivity contribution >= 4 is 108 Å². The van der Waals surface area contributed by atoms with Crippen molar-refractivity contribution in [3.05, 3.63) is 41.7 Å². The Kier molecular flexibility index (Phi) is 11.8. The second kappa shape index (κ2) is 15.1. The summed E-state index contributed by atoms with van der Waals surface area (Å²) >= 11 is 5.93. The van der Waals surface area contributed by atoms with E-state index in [4.69, 9.17) is 21.9 Å². The van der Waals surface area contributed by atoms with Gasteiger partial charge in [-0.1, -0.05) is 0 Å². The van der Waals surface area contributed by atoms with Crippen LogP contribution in [0.25, 0.3) is 10.8 Å². The van der Waals surface area contributed by atoms with Gasteiger partial charge in [0.05, 0.1) is 23.0 Å². The molecule has 0 fully saturated rings. The number of benzene rings is 3. The standard InChI is InChI=1S/C23H23ClN8O16S5/c24-21-28-22(26-3-5-49(34,35)6-4-48-53(45,46)47)30-23(29-21)27-12-1-2-16(51(39,40)41)15(9-12)31-32-19-17(52(42,43)44)8-11-7-13(50(36,37)38)10-14(25)18(11)20(19)33/h1-2,7-10,33H,3-6,25H2,(H,36,37,38)(H,39,40,41)(H,42,43,44)(H,45,46,47)(H2,26,27,28,29,30). The van der Waals surface area contributed by atoms with Crippen molar-refractivity contribution in [1.29, 1.82) is 0 Å². The lowest BCUT2D eigenvalue weighted by molar-refractivity contribution is 0.284. The summed E-state index contributed by atoms with van der Waals surface area (Å²) in [6, 6.07) is 4.87. The molecule has 0 amide bonds. The molecule has 0 aliphatic carbocycles. The van der Waals surface area contributed by atoms with Crippen LogP contribution in [0.4, 0.5) is 34.6 Å². The molecule has 0 bridgehead atoms. The van der Waals surface area contributed by atoms with Crippen molar-refractivity contribution in [1.82, 2.24) is 15.0 Å². The van der Waals surface area contributed by atoms with Crippen molar-refractivity contribution < 1.29 is 69.6 Å². The van der Waals surface area contributed by atoms with Crippen molar-refractivity contribution in [3.8, 4) is 5.75 Å². The van der Waals surface area contributed by atoms with Gasteiger partial charge in [-0.3, -0.25) is 18.2 Å². The number of aromatic hydroxyl groups is 1. The number of nitrogens with zero attached hydrogens (tertiary/aromatic N) is 5. The van der Waals surface area contributed by atoms with E-state index in [-0.39, 0.29) is 24.1 Å². The van der Waals surface area contributed by atoms with Crippen LogP contribution in [0.15, 0.2) is 61.3 Å². The van der Waals surface area contributed by atoms with E-state index in [1.807, 2.05) is 0 Å². The molecule has 0 saturated heterocycles. The summed E-state index contributed by atoms with van der Waals surface area (Å²) in [6.07, 6.45) is 0. The van der Waals surface area contributed by atoms with Gasteiger partial charge in [0.25, 0.3) is 30.4 Å². The Morgan fingerprint density at radius 3 is 2.02 bits per heavy atom. The van der Waals surface area contributed by atoms with E-state index in [9.17, 15) is 60.9 Å². The van der Waals surface area contributed by atoms with E-state index >= 15 is 0 Å². The number of fused-ring (bicyclic) bond motifs is 1. The number of hydrogen-bond donors (Lipinski definition) is 8. The largest absolute Gasteiger partial charge is 0.505 e. The lowest BCUT2D eigenvalue weighted by Crippen LogP contribution is -2.22. The first-order chi connectivity index (χ1) is 24.2. The normalized spacial score (nSPS) is 13.1. The molecule has 0 spiro atoms. The smallest absolute Gasteiger partial charge is 0.397 e. The second-order valence-electron chi connectivity index (χ2n) is 10.2. The molecule has 0 radical (unpaired) electrons. The number of phenolic OH excluding ortho intramolecular Hbond substituents is 1. The summed E-state index contributed by atoms with van der Waals surface area (Å²) in [7, 11) is -24.0. The zero-order valence-electron chi connectivity index (χ0n) is 25.8. The molecule has 0 aliphatic heterocycles. The Morgan fingerprint density at radius 1 is 0.774 bits per heavy atom. The molecule has 0 unspecified atom stereocenters. The van der Waals surface area contributed by atoms with Crippen molar-refractivity contribution in [2.45, 2.75) is 14.7 Å². The molecular formula is C23H23ClN8O16S5. The first-order valence-corrected chi connectivity index (χ1v) is 21.4. The highest BCUT2D eigenvalue weighted by molar-refractivity contribution is 7.91. The van der Waals surface area contributed by atoms with Gasteiger partial charge in [0.15, 0.2) is 15.6 Å². The third-order valence-electron chi connectivity index (χ3n) is 6.41. The highest BCUT2D eigenvalue weighted by Gasteiger charge is 2.26. The molecule has 0 saturated carbocycles. The minimum Gasteiger partial charge on any atom is -0.505 e. The fourth-order valence-corrected chi connectivity index (χ4v) is 7.56. The van der Waals surface area contributed by atoms with Crippen LogP contribution in [0, 0.1) is 0 Å². The monoisotopic (exact) mass is 862 g/mol. The van der Waals surface area contributed by atoms with E-state index in [1.165, 1.54) is 0 Å². The quantitative estimate of drug-likeness (QED) is 0.0477. The van der Waals surface area contributed by atoms with E-state index in [1.54, 1.807) is 0 Å². The van der Waals surface area contributed by atoms with E-state index in [0.717, 1.165) is 30.3 Å². The average molecular weight is 863 g/mol. The van der Waals surface area contributed by atoms with Gasteiger partial charge in [-0.2, -0.15) is 48.6 Å². The van der Waals surface area contributed by atoms with Crippen LogP contribution in [-0.2, 0) is 54.8 Å². The number of nitrogens with two attached hydrogens (primary N) is 1. The Morgan fingerprint density at radius 2 is 1.42 bits per heavy atom. The fraction of sp³-hybridized carbons (Fsp3) is 0.174. The SMILES string of the molecule is Nc1cc(S(=O)(=O)O)cc2cc(S(=O)(=O)O)c(N=Nc3cc(Nc4nc(Cl)nc(NCCS(=O)(=O)CCOS(=O)(=O)O)n4)ccc3S(=O)(=O)O)c(O)c12. The van der Waals surface area contributed by atoms with Gasteiger partial charge in [0, 0.05) is 23.3 Å². The Balaban J connectivity index is 1.68. The van der Waals surface area contributed by atoms with Gasteiger partial charge in [-0.05, 0) is 53.4 Å². The van der Waals surface area contributed by atoms with Gasteiger partial charge in [-0.25, -0.2) is 12.6 Å². The maximum atomic E-state index is 12.3. The highest BCUT2D eigenvalue weighted by Crippen LogP contribution is 2.44. The van der Waals surface area contributed by atoms with Crippen LogP contribution < -0.4 is 16.4 Å². The number of anilines is 4. The first-order valence-electron chi connectivity index (χ1n) is 13.6. The molecule has 288 valence electrons. The topological polar surface area (TPSA) is 395 Å². The minimum absolute atomic E-state index is 0.0966. The lowest BCUT2D eigenvalue weighted by atomic mass is 10.1. The van der Waals surface area contributed by atoms with Crippen LogP contribution in [0.5, 0.6) is 5.75 Å². The zero-order chi connectivity index (χ0) is 39.7. The number of phenols is 1. The lowest BCUT2D eigenvalue weighted by Gasteiger charge is -2.12. The highest BCUT2D eigenvalue weighted by atomic mass is 35.5. The van der Waals surface area contributed by atoms with Crippen LogP contribution in [0.2, 0.25) is 5.28 Å². The third-order valence-corrected chi connectivity index (χ3v) is 11.3. The van der Waals surface area contributed by atoms with Crippen LogP contribution in [0.1, 0.15) is 0 Å². The van der Waals surface area contributed by atoms with Crippen molar-refractivity contribution in [2.75, 3.05) is 41.0 Å². The molecule has 53 heavy (non-hydrogen) atoms. The first kappa shape index (κ1) is 41.3. The van der Waals surface area contributed by atoms with Gasteiger partial charge in [0.1, 0.15) is 21.2 Å². The van der Waals surface area contributed by atoms with Crippen LogP contribution in [-0.4, -0.2) is 105 Å². The summed E-state index contributed by atoms with van der Waals surface area (Å²) in [4.78, 5) is 8.69. The minimum atomic E-state index is -5.29. The summed E-state index contributed by atoms with van der Waals surface area (Å²) in [5.74, 6) is -3.04. The van der Waals surface area contributed by atoms with Gasteiger partial charge in [0.2, 0.25) is 17.2 Å². The number of halogens is 1. The Hall–Kier alpha value is -4.43. The fourth-order valence-electron chi connectivity index (χ4n) is 4.23. The summed E-state index contributed by atoms with van der Waals surface area (Å²) in [6.45, 7) is -1.17. The molecule has 9 N–H and O–H groups in total. The molecule has 4 aromatic rings. The number of nitrogen functional groups attached to an aromatic ring is 1. The zero-order valence-corrected chi connectivity index (χ0v) is 30.6. The van der Waals surface area contributed by atoms with Crippen molar-refractivity contribution in [3.63, 3.8) is 0 Å². The maximum Gasteiger partial charge on any atom is 0.397 e. The van der Waals surface area contributed by atoms with Gasteiger partial charge >= 0.3 is 10.4 Å². The molecule has 4 rings (SSSR count). The third kappa shape index (κ3) is 11.0. The molecule has 0 aliphatic rings. The second-order valence-corrected chi connectivity index (χ2v) is 18.1. The molecule has 30 heteroatoms. The van der Waals surface area contributed by atoms with Gasteiger partial charge in [-0.15, -0.1) is 10.2 Å². The molecule has 1 aromatic heterocycles. The predicted octanol–water partition coefficient (Wildman–Crippen LogP) is 1.51. The van der Waals surface area contributed by atoms with Crippen LogP contribution >= 0.6 is 11.6 Å². The average Bonchev–Trinajstić information content (AvgIpc) is 2.97. The van der Waals surface area contributed by atoms with E-state index < -0.39 is 122 Å². The molecular weight excluding hydrogens is 840 g/mol. The van der Waals surface area contributed by atoms with Crippen molar-refractivity contribution in [2.24, 2.45) is 10.2 Å². The van der Waals surface area contributed by atoms with Crippen LogP contribution in [0.3, 0.4) is 0 Å². The number of azo groups is 1. The molecule has 1 heterocycles. The summed E-state index contributed by atoms with van der Waals surface area (Å²) in [5.41, 5.74) is 3.50. The predicted molar refractivity (Wildman–Crippen MR) is 183 cm³/mol. The Bertz CT molecular complexity index is 2720. The molecule has 3 aromatic carbocycles. The number of rotatable bonds is 15. The molecule has 0 atom stereocenters. The summed E-state index contributed by atoms with van der Waals surface area (Å²) < 4.78 is 159. The number of sulfone groups is 1.